The van der Waals surface area contributed by atoms with Crippen LogP contribution in [0.2, 0.25) is 5.02 Å². The van der Waals surface area contributed by atoms with E-state index in [1.54, 1.807) is 18.3 Å². The van der Waals surface area contributed by atoms with Gasteiger partial charge in [0.05, 0.1) is 17.7 Å². The zero-order valence-corrected chi connectivity index (χ0v) is 11.7. The van der Waals surface area contributed by atoms with Gasteiger partial charge in [-0.05, 0) is 24.3 Å². The van der Waals surface area contributed by atoms with E-state index in [-0.39, 0.29) is 0 Å². The fourth-order valence-corrected chi connectivity index (χ4v) is 2.71. The van der Waals surface area contributed by atoms with Crippen LogP contribution in [-0.2, 0) is 4.74 Å². The Kier molecular flexibility index (Phi) is 4.29. The van der Waals surface area contributed by atoms with E-state index in [1.165, 1.54) is 18.9 Å². The Morgan fingerprint density at radius 1 is 1.42 bits per heavy atom. The van der Waals surface area contributed by atoms with Gasteiger partial charge in [0.15, 0.2) is 0 Å². The van der Waals surface area contributed by atoms with Crippen molar-refractivity contribution >= 4 is 35.0 Å². The Morgan fingerprint density at radius 2 is 2.21 bits per heavy atom. The molecule has 98 valence electrons. The number of nitrogens with zero attached hydrogens (tertiary/aromatic N) is 1. The van der Waals surface area contributed by atoms with Crippen LogP contribution in [0.5, 0.6) is 0 Å². The Balaban J connectivity index is 2.46. The summed E-state index contributed by atoms with van der Waals surface area (Å²) in [6.07, 6.45) is 1.67. The van der Waals surface area contributed by atoms with Crippen LogP contribution in [0.1, 0.15) is 10.4 Å². The predicted molar refractivity (Wildman–Crippen MR) is 75.6 cm³/mol. The fraction of sp³-hybridized carbons (Fsp3) is 0.0769. The van der Waals surface area contributed by atoms with Crippen molar-refractivity contribution in [1.29, 1.82) is 0 Å². The van der Waals surface area contributed by atoms with E-state index >= 15 is 0 Å². The average Bonchev–Trinajstić information content (AvgIpc) is 2.42. The summed E-state index contributed by atoms with van der Waals surface area (Å²) in [7, 11) is 1.31. The molecule has 2 aromatic rings. The lowest BCUT2D eigenvalue weighted by molar-refractivity contribution is 0.0597. The van der Waals surface area contributed by atoms with Crippen molar-refractivity contribution in [1.82, 2.24) is 4.98 Å². The number of halogens is 1. The average molecular weight is 295 g/mol. The molecule has 0 aliphatic carbocycles. The smallest absolute Gasteiger partial charge is 0.339 e. The Labute approximate surface area is 119 Å². The molecule has 0 saturated heterocycles. The maximum Gasteiger partial charge on any atom is 0.339 e. The lowest BCUT2D eigenvalue weighted by Gasteiger charge is -2.10. The summed E-state index contributed by atoms with van der Waals surface area (Å²) in [5.74, 6) is -0.479. The second-order valence-electron chi connectivity index (χ2n) is 3.64. The number of esters is 1. The summed E-state index contributed by atoms with van der Waals surface area (Å²) in [4.78, 5) is 16.5. The molecule has 19 heavy (non-hydrogen) atoms. The summed E-state index contributed by atoms with van der Waals surface area (Å²) in [6.45, 7) is 0. The zero-order valence-electron chi connectivity index (χ0n) is 10.1. The summed E-state index contributed by atoms with van der Waals surface area (Å²) in [5, 5.41) is 1.13. The van der Waals surface area contributed by atoms with Crippen molar-refractivity contribution in [2.24, 2.45) is 0 Å². The van der Waals surface area contributed by atoms with Crippen molar-refractivity contribution in [2.75, 3.05) is 12.8 Å². The minimum absolute atomic E-state index is 0.336. The quantitative estimate of drug-likeness (QED) is 0.695. The third-order valence-electron chi connectivity index (χ3n) is 2.32. The van der Waals surface area contributed by atoms with E-state index < -0.39 is 5.97 Å². The number of nitrogens with two attached hydrogens (primary N) is 1. The van der Waals surface area contributed by atoms with Crippen LogP contribution in [0.3, 0.4) is 0 Å². The van der Waals surface area contributed by atoms with Crippen LogP contribution in [0.15, 0.2) is 46.5 Å². The largest absolute Gasteiger partial charge is 0.465 e. The molecule has 0 radical (unpaired) electrons. The van der Waals surface area contributed by atoms with Gasteiger partial charge in [0.1, 0.15) is 5.03 Å². The maximum atomic E-state index is 11.8. The van der Waals surface area contributed by atoms with Gasteiger partial charge in [0.2, 0.25) is 0 Å². The molecule has 1 heterocycles. The number of ether oxygens (including phenoxy) is 1. The SMILES string of the molecule is COC(=O)c1cc(N)cc(Cl)c1Sc1ccccn1. The molecule has 0 saturated carbocycles. The standard InChI is InChI=1S/C13H11ClN2O2S/c1-18-13(17)9-6-8(15)7-10(14)12(9)19-11-4-2-3-5-16-11/h2-7H,15H2,1H3. The highest BCUT2D eigenvalue weighted by atomic mass is 35.5. The normalized spacial score (nSPS) is 10.2. The van der Waals surface area contributed by atoms with Gasteiger partial charge in [0.25, 0.3) is 0 Å². The molecule has 0 bridgehead atoms. The van der Waals surface area contributed by atoms with Gasteiger partial charge in [-0.1, -0.05) is 29.4 Å². The van der Waals surface area contributed by atoms with Gasteiger partial charge in [-0.25, -0.2) is 9.78 Å². The van der Waals surface area contributed by atoms with Crippen LogP contribution in [0.4, 0.5) is 5.69 Å². The number of carbonyl (C=O) groups is 1. The van der Waals surface area contributed by atoms with Crippen molar-refractivity contribution < 1.29 is 9.53 Å². The van der Waals surface area contributed by atoms with Crippen LogP contribution >= 0.6 is 23.4 Å². The van der Waals surface area contributed by atoms with Crippen LogP contribution < -0.4 is 5.73 Å². The minimum atomic E-state index is -0.479. The number of carbonyl (C=O) groups excluding carboxylic acids is 1. The van der Waals surface area contributed by atoms with Gasteiger partial charge in [0, 0.05) is 16.8 Å². The molecule has 0 amide bonds. The predicted octanol–water partition coefficient (Wildman–Crippen LogP) is 3.26. The lowest BCUT2D eigenvalue weighted by atomic mass is 10.2. The Morgan fingerprint density at radius 3 is 2.84 bits per heavy atom. The van der Waals surface area contributed by atoms with Crippen LogP contribution in [0, 0.1) is 0 Å². The second-order valence-corrected chi connectivity index (χ2v) is 5.08. The number of pyridine rings is 1. The molecule has 0 spiro atoms. The first-order chi connectivity index (χ1) is 9.11. The van der Waals surface area contributed by atoms with Crippen molar-refractivity contribution in [3.63, 3.8) is 0 Å². The highest BCUT2D eigenvalue weighted by Gasteiger charge is 2.17. The van der Waals surface area contributed by atoms with Crippen molar-refractivity contribution in [3.8, 4) is 0 Å². The Hall–Kier alpha value is -1.72. The molecule has 0 atom stereocenters. The van der Waals surface area contributed by atoms with E-state index in [0.717, 1.165) is 5.03 Å². The van der Waals surface area contributed by atoms with E-state index in [0.29, 0.717) is 21.2 Å². The monoisotopic (exact) mass is 294 g/mol. The number of benzene rings is 1. The molecule has 2 rings (SSSR count). The molecule has 0 aliphatic heterocycles. The second kappa shape index (κ2) is 5.95. The summed E-state index contributed by atoms with van der Waals surface area (Å²) < 4.78 is 4.74. The van der Waals surface area contributed by atoms with Crippen LogP contribution in [-0.4, -0.2) is 18.1 Å². The topological polar surface area (TPSA) is 65.2 Å². The molecule has 4 nitrogen and oxygen atoms in total. The number of nitrogen functional groups attached to an aromatic ring is 1. The molecule has 6 heteroatoms. The van der Waals surface area contributed by atoms with Gasteiger partial charge >= 0.3 is 5.97 Å². The van der Waals surface area contributed by atoms with Gasteiger partial charge in [-0.3, -0.25) is 0 Å². The first-order valence-electron chi connectivity index (χ1n) is 5.38. The number of anilines is 1. The van der Waals surface area contributed by atoms with Gasteiger partial charge < -0.3 is 10.5 Å². The van der Waals surface area contributed by atoms with E-state index in [2.05, 4.69) is 4.98 Å². The van der Waals surface area contributed by atoms with Gasteiger partial charge in [-0.15, -0.1) is 0 Å². The lowest BCUT2D eigenvalue weighted by Crippen LogP contribution is -2.05. The van der Waals surface area contributed by atoms with Crippen molar-refractivity contribution in [2.45, 2.75) is 9.92 Å². The third kappa shape index (κ3) is 3.19. The molecule has 0 unspecified atom stereocenters. The number of hydrogen-bond donors (Lipinski definition) is 1. The van der Waals surface area contributed by atoms with Gasteiger partial charge in [-0.2, -0.15) is 0 Å². The number of aromatic nitrogens is 1. The van der Waals surface area contributed by atoms with Crippen molar-refractivity contribution in [3.05, 3.63) is 47.1 Å². The molecular weight excluding hydrogens is 284 g/mol. The minimum Gasteiger partial charge on any atom is -0.465 e. The summed E-state index contributed by atoms with van der Waals surface area (Å²) in [6, 6.07) is 8.65. The van der Waals surface area contributed by atoms with E-state index in [9.17, 15) is 4.79 Å². The summed E-state index contributed by atoms with van der Waals surface area (Å²) >= 11 is 7.44. The number of rotatable bonds is 3. The molecule has 1 aromatic heterocycles. The first-order valence-corrected chi connectivity index (χ1v) is 6.57. The maximum absolute atomic E-state index is 11.8. The fourth-order valence-electron chi connectivity index (χ4n) is 1.49. The first kappa shape index (κ1) is 13.7. The molecule has 2 N–H and O–H groups in total. The molecule has 0 fully saturated rings. The third-order valence-corrected chi connectivity index (χ3v) is 3.82. The highest BCUT2D eigenvalue weighted by Crippen LogP contribution is 2.36. The number of methoxy groups -OCH3 is 1. The Bertz CT molecular complexity index is 605. The van der Waals surface area contributed by atoms with Crippen LogP contribution in [0.25, 0.3) is 0 Å². The molecule has 0 aliphatic rings. The summed E-state index contributed by atoms with van der Waals surface area (Å²) in [5.41, 5.74) is 6.45. The molecule has 1 aromatic carbocycles. The number of hydrogen-bond acceptors (Lipinski definition) is 5. The highest BCUT2D eigenvalue weighted by molar-refractivity contribution is 7.99. The van der Waals surface area contributed by atoms with E-state index in [1.807, 2.05) is 18.2 Å². The van der Waals surface area contributed by atoms with E-state index in [4.69, 9.17) is 22.1 Å². The zero-order chi connectivity index (χ0) is 13.8. The molecular formula is C13H11ClN2O2S.